The Morgan fingerprint density at radius 2 is 2.05 bits per heavy atom. The van der Waals surface area contributed by atoms with E-state index in [9.17, 15) is 0 Å². The van der Waals surface area contributed by atoms with Crippen molar-refractivity contribution in [1.82, 2.24) is 5.32 Å². The summed E-state index contributed by atoms with van der Waals surface area (Å²) in [7, 11) is 0. The molecule has 0 aliphatic heterocycles. The van der Waals surface area contributed by atoms with Gasteiger partial charge in [-0.15, -0.1) is 0 Å². The molecule has 1 aromatic carbocycles. The molecule has 2 atom stereocenters. The first kappa shape index (κ1) is 17.1. The molecule has 0 spiro atoms. The zero-order chi connectivity index (χ0) is 15.2. The van der Waals surface area contributed by atoms with Crippen LogP contribution in [0.25, 0.3) is 0 Å². The van der Waals surface area contributed by atoms with Crippen LogP contribution in [0.15, 0.2) is 18.2 Å². The highest BCUT2D eigenvalue weighted by Gasteiger charge is 2.37. The van der Waals surface area contributed by atoms with Crippen LogP contribution in [0.1, 0.15) is 38.7 Å². The molecule has 1 aliphatic carbocycles. The lowest BCUT2D eigenvalue weighted by Crippen LogP contribution is -2.44. The van der Waals surface area contributed by atoms with Crippen molar-refractivity contribution in [3.63, 3.8) is 0 Å². The first-order valence-electron chi connectivity index (χ1n) is 7.94. The van der Waals surface area contributed by atoms with Crippen molar-refractivity contribution in [1.29, 1.82) is 0 Å². The number of hydrogen-bond acceptors (Lipinski definition) is 2. The van der Waals surface area contributed by atoms with E-state index in [1.165, 1.54) is 12.8 Å². The fraction of sp³-hybridized carbons (Fsp3) is 0.647. The standard InChI is InChI=1S/C17H25Cl2NO/c1-3-9-20-16(17(21-4-2)12-5-6-12)11-13-10-14(18)7-8-15(13)19/h7-8,10,12,16-17,20H,3-6,9,11H2,1-2H3. The Bertz CT molecular complexity index is 448. The largest absolute Gasteiger partial charge is 0.377 e. The molecule has 0 radical (unpaired) electrons. The number of nitrogens with one attached hydrogen (secondary N) is 1. The Balaban J connectivity index is 2.12. The monoisotopic (exact) mass is 329 g/mol. The molecular formula is C17H25Cl2NO. The van der Waals surface area contributed by atoms with Gasteiger partial charge in [-0.05, 0) is 68.8 Å². The Morgan fingerprint density at radius 1 is 1.29 bits per heavy atom. The van der Waals surface area contributed by atoms with E-state index in [1.807, 2.05) is 18.2 Å². The maximum absolute atomic E-state index is 6.32. The van der Waals surface area contributed by atoms with E-state index < -0.39 is 0 Å². The van der Waals surface area contributed by atoms with Gasteiger partial charge in [0, 0.05) is 22.7 Å². The van der Waals surface area contributed by atoms with Gasteiger partial charge >= 0.3 is 0 Å². The highest BCUT2D eigenvalue weighted by Crippen LogP contribution is 2.37. The van der Waals surface area contributed by atoms with Crippen molar-refractivity contribution in [2.45, 2.75) is 51.7 Å². The van der Waals surface area contributed by atoms with Crippen molar-refractivity contribution < 1.29 is 4.74 Å². The maximum Gasteiger partial charge on any atom is 0.0759 e. The number of halogens is 2. The van der Waals surface area contributed by atoms with E-state index in [0.717, 1.165) is 41.6 Å². The molecule has 2 rings (SSSR count). The predicted molar refractivity (Wildman–Crippen MR) is 90.4 cm³/mol. The molecule has 0 aromatic heterocycles. The Hall–Kier alpha value is -0.280. The van der Waals surface area contributed by atoms with Crippen molar-refractivity contribution in [2.24, 2.45) is 5.92 Å². The molecule has 0 bridgehead atoms. The normalized spacial score (nSPS) is 17.7. The van der Waals surface area contributed by atoms with Gasteiger partial charge in [0.1, 0.15) is 0 Å². The molecular weight excluding hydrogens is 305 g/mol. The summed E-state index contributed by atoms with van der Waals surface area (Å²) >= 11 is 12.4. The summed E-state index contributed by atoms with van der Waals surface area (Å²) in [6.45, 7) is 6.01. The maximum atomic E-state index is 6.32. The molecule has 1 N–H and O–H groups in total. The van der Waals surface area contributed by atoms with Crippen LogP contribution in [0.5, 0.6) is 0 Å². The predicted octanol–water partition coefficient (Wildman–Crippen LogP) is 4.72. The molecule has 1 fully saturated rings. The van der Waals surface area contributed by atoms with Crippen molar-refractivity contribution >= 4 is 23.2 Å². The number of hydrogen-bond donors (Lipinski definition) is 1. The van der Waals surface area contributed by atoms with Gasteiger partial charge in [0.2, 0.25) is 0 Å². The van der Waals surface area contributed by atoms with Crippen molar-refractivity contribution in [3.05, 3.63) is 33.8 Å². The second-order valence-corrected chi connectivity index (χ2v) is 6.60. The summed E-state index contributed by atoms with van der Waals surface area (Å²) in [5.74, 6) is 0.692. The molecule has 2 unspecified atom stereocenters. The highest BCUT2D eigenvalue weighted by molar-refractivity contribution is 6.33. The third-order valence-corrected chi connectivity index (χ3v) is 4.55. The molecule has 1 saturated carbocycles. The van der Waals surface area contributed by atoms with Gasteiger partial charge < -0.3 is 10.1 Å². The topological polar surface area (TPSA) is 21.3 Å². The van der Waals surface area contributed by atoms with E-state index in [4.69, 9.17) is 27.9 Å². The van der Waals surface area contributed by atoms with Gasteiger partial charge in [-0.1, -0.05) is 30.1 Å². The summed E-state index contributed by atoms with van der Waals surface area (Å²) in [5, 5.41) is 5.17. The molecule has 0 heterocycles. The first-order valence-corrected chi connectivity index (χ1v) is 8.70. The van der Waals surface area contributed by atoms with Crippen molar-refractivity contribution in [3.8, 4) is 0 Å². The Labute approximate surface area is 138 Å². The smallest absolute Gasteiger partial charge is 0.0759 e. The van der Waals surface area contributed by atoms with E-state index >= 15 is 0 Å². The Morgan fingerprint density at radius 3 is 2.67 bits per heavy atom. The SMILES string of the molecule is CCCNC(Cc1cc(Cl)ccc1Cl)C(OCC)C1CC1. The average molecular weight is 330 g/mol. The van der Waals surface area contributed by atoms with Crippen LogP contribution in [0, 0.1) is 5.92 Å². The van der Waals surface area contributed by atoms with Crippen LogP contribution in [0.2, 0.25) is 10.0 Å². The lowest BCUT2D eigenvalue weighted by Gasteiger charge is -2.28. The van der Waals surface area contributed by atoms with Gasteiger partial charge in [-0.3, -0.25) is 0 Å². The van der Waals surface area contributed by atoms with Crippen LogP contribution >= 0.6 is 23.2 Å². The molecule has 118 valence electrons. The van der Waals surface area contributed by atoms with Crippen LogP contribution < -0.4 is 5.32 Å². The highest BCUT2D eigenvalue weighted by atomic mass is 35.5. The summed E-state index contributed by atoms with van der Waals surface area (Å²) < 4.78 is 6.03. The summed E-state index contributed by atoms with van der Waals surface area (Å²) in [4.78, 5) is 0. The fourth-order valence-corrected chi connectivity index (χ4v) is 3.16. The van der Waals surface area contributed by atoms with Crippen LogP contribution in [0.4, 0.5) is 0 Å². The molecule has 21 heavy (non-hydrogen) atoms. The van der Waals surface area contributed by atoms with E-state index in [2.05, 4.69) is 19.2 Å². The second kappa shape index (κ2) is 8.38. The summed E-state index contributed by atoms with van der Waals surface area (Å²) in [6, 6.07) is 5.99. The van der Waals surface area contributed by atoms with Crippen LogP contribution in [-0.2, 0) is 11.2 Å². The van der Waals surface area contributed by atoms with Gasteiger partial charge in [0.15, 0.2) is 0 Å². The molecule has 0 amide bonds. The summed E-state index contributed by atoms with van der Waals surface area (Å²) in [5.41, 5.74) is 1.10. The van der Waals surface area contributed by atoms with Gasteiger partial charge in [-0.25, -0.2) is 0 Å². The molecule has 2 nitrogen and oxygen atoms in total. The zero-order valence-corrected chi connectivity index (χ0v) is 14.4. The minimum atomic E-state index is 0.275. The fourth-order valence-electron chi connectivity index (χ4n) is 2.77. The van der Waals surface area contributed by atoms with Gasteiger partial charge in [0.05, 0.1) is 6.10 Å². The zero-order valence-electron chi connectivity index (χ0n) is 12.9. The van der Waals surface area contributed by atoms with E-state index in [1.54, 1.807) is 0 Å². The van der Waals surface area contributed by atoms with E-state index in [-0.39, 0.29) is 6.10 Å². The van der Waals surface area contributed by atoms with Crippen LogP contribution in [-0.4, -0.2) is 25.3 Å². The van der Waals surface area contributed by atoms with E-state index in [0.29, 0.717) is 12.0 Å². The number of benzene rings is 1. The van der Waals surface area contributed by atoms with Gasteiger partial charge in [-0.2, -0.15) is 0 Å². The molecule has 0 saturated heterocycles. The first-order chi connectivity index (χ1) is 10.2. The van der Waals surface area contributed by atoms with Crippen molar-refractivity contribution in [2.75, 3.05) is 13.2 Å². The quantitative estimate of drug-likeness (QED) is 0.707. The lowest BCUT2D eigenvalue weighted by molar-refractivity contribution is 0.0192. The lowest BCUT2D eigenvalue weighted by atomic mass is 9.97. The minimum Gasteiger partial charge on any atom is -0.377 e. The third kappa shape index (κ3) is 5.14. The molecule has 4 heteroatoms. The minimum absolute atomic E-state index is 0.275. The van der Waals surface area contributed by atoms with Gasteiger partial charge in [0.25, 0.3) is 0 Å². The third-order valence-electron chi connectivity index (χ3n) is 3.95. The summed E-state index contributed by atoms with van der Waals surface area (Å²) in [6.07, 6.45) is 4.80. The Kier molecular flexibility index (Phi) is 6.81. The number of ether oxygens (including phenoxy) is 1. The molecule has 1 aromatic rings. The average Bonchev–Trinajstić information content (AvgIpc) is 3.29. The second-order valence-electron chi connectivity index (χ2n) is 5.76. The van der Waals surface area contributed by atoms with Crippen LogP contribution in [0.3, 0.4) is 0 Å². The molecule has 1 aliphatic rings. The number of rotatable bonds is 9.